The number of nitrogens with zero attached hydrogens (tertiary/aromatic N) is 5. The van der Waals surface area contributed by atoms with E-state index in [-0.39, 0.29) is 11.8 Å². The summed E-state index contributed by atoms with van der Waals surface area (Å²) in [5.41, 5.74) is 0.984. The monoisotopic (exact) mass is 355 g/mol. The zero-order valence-electron chi connectivity index (χ0n) is 15.2. The molecule has 2 aromatic rings. The molecule has 1 aliphatic heterocycles. The molecule has 3 rings (SSSR count). The number of amides is 1. The molecule has 1 aromatic heterocycles. The molecule has 26 heavy (non-hydrogen) atoms. The van der Waals surface area contributed by atoms with E-state index in [4.69, 9.17) is 4.74 Å². The Balaban J connectivity index is 1.84. The molecule has 1 aromatic carbocycles. The second-order valence-corrected chi connectivity index (χ2v) is 6.36. The van der Waals surface area contributed by atoms with E-state index in [1.165, 1.54) is 0 Å². The summed E-state index contributed by atoms with van der Waals surface area (Å²) in [4.78, 5) is 15.1. The van der Waals surface area contributed by atoms with Gasteiger partial charge >= 0.3 is 0 Å². The molecule has 1 aliphatic rings. The van der Waals surface area contributed by atoms with Crippen LogP contribution in [0.2, 0.25) is 0 Å². The van der Waals surface area contributed by atoms with Gasteiger partial charge in [-0.3, -0.25) is 4.79 Å². The summed E-state index contributed by atoms with van der Waals surface area (Å²) in [6.45, 7) is 8.06. The summed E-state index contributed by atoms with van der Waals surface area (Å²) in [5.74, 6) is 1.20. The van der Waals surface area contributed by atoms with Gasteiger partial charge in [0.25, 0.3) is 0 Å². The van der Waals surface area contributed by atoms with Crippen molar-refractivity contribution < 1.29 is 9.53 Å². The Morgan fingerprint density at radius 3 is 3.08 bits per heavy atom. The molecule has 1 atom stereocenters. The largest absolute Gasteiger partial charge is 0.494 e. The second-order valence-electron chi connectivity index (χ2n) is 6.36. The number of carbonyl (C=O) groups is 1. The number of rotatable bonds is 7. The van der Waals surface area contributed by atoms with Crippen molar-refractivity contribution in [1.82, 2.24) is 25.1 Å². The molecule has 138 valence electrons. The number of aryl methyl sites for hydroxylation is 1. The molecule has 0 saturated carbocycles. The van der Waals surface area contributed by atoms with Gasteiger partial charge in [0.15, 0.2) is 5.82 Å². The topological polar surface area (TPSA) is 73.1 Å². The van der Waals surface area contributed by atoms with Crippen molar-refractivity contribution in [2.75, 3.05) is 13.2 Å². The molecule has 7 nitrogen and oxygen atoms in total. The van der Waals surface area contributed by atoms with Crippen LogP contribution in [0.25, 0.3) is 0 Å². The molecule has 0 N–H and O–H groups in total. The lowest BCUT2D eigenvalue weighted by Gasteiger charge is -2.26. The third kappa shape index (κ3) is 3.92. The predicted molar refractivity (Wildman–Crippen MR) is 97.6 cm³/mol. The fourth-order valence-electron chi connectivity index (χ4n) is 3.34. The Kier molecular flexibility index (Phi) is 5.99. The summed E-state index contributed by atoms with van der Waals surface area (Å²) in [6, 6.07) is 7.82. The third-order valence-corrected chi connectivity index (χ3v) is 4.58. The van der Waals surface area contributed by atoms with Crippen molar-refractivity contribution in [2.45, 2.75) is 45.2 Å². The second kappa shape index (κ2) is 8.60. The van der Waals surface area contributed by atoms with Gasteiger partial charge in [-0.25, -0.2) is 4.68 Å². The first-order chi connectivity index (χ1) is 12.7. The molecule has 7 heteroatoms. The fourth-order valence-corrected chi connectivity index (χ4v) is 3.34. The summed E-state index contributed by atoms with van der Waals surface area (Å²) < 4.78 is 7.46. The highest BCUT2D eigenvalue weighted by molar-refractivity contribution is 5.83. The minimum atomic E-state index is -0.313. The van der Waals surface area contributed by atoms with Crippen LogP contribution in [0, 0.1) is 0 Å². The van der Waals surface area contributed by atoms with Gasteiger partial charge in [0.1, 0.15) is 5.75 Å². The maximum Gasteiger partial charge on any atom is 0.234 e. The molecule has 1 unspecified atom stereocenters. The van der Waals surface area contributed by atoms with Gasteiger partial charge in [0.2, 0.25) is 5.91 Å². The first-order valence-corrected chi connectivity index (χ1v) is 9.11. The molecule has 2 heterocycles. The lowest BCUT2D eigenvalue weighted by molar-refractivity contribution is -0.133. The minimum Gasteiger partial charge on any atom is -0.494 e. The van der Waals surface area contributed by atoms with Crippen molar-refractivity contribution in [2.24, 2.45) is 0 Å². The number of benzene rings is 1. The van der Waals surface area contributed by atoms with Gasteiger partial charge in [-0.15, -0.1) is 11.7 Å². The number of aromatic nitrogens is 4. The summed E-state index contributed by atoms with van der Waals surface area (Å²) in [5, 5.41) is 11.9. The summed E-state index contributed by atoms with van der Waals surface area (Å²) >= 11 is 0. The van der Waals surface area contributed by atoms with Crippen molar-refractivity contribution in [1.29, 1.82) is 0 Å². The predicted octanol–water partition coefficient (Wildman–Crippen LogP) is 2.55. The molecule has 0 bridgehead atoms. The summed E-state index contributed by atoms with van der Waals surface area (Å²) in [7, 11) is 0. The van der Waals surface area contributed by atoms with Crippen LogP contribution in [0.3, 0.4) is 0 Å². The Labute approximate surface area is 153 Å². The van der Waals surface area contributed by atoms with E-state index in [2.05, 4.69) is 22.1 Å². The molecule has 0 spiro atoms. The van der Waals surface area contributed by atoms with Crippen LogP contribution in [0.5, 0.6) is 5.75 Å². The molecular formula is C19H25N5O2. The van der Waals surface area contributed by atoms with Gasteiger partial charge in [-0.1, -0.05) is 30.7 Å². The van der Waals surface area contributed by atoms with Gasteiger partial charge in [0, 0.05) is 25.2 Å². The maximum atomic E-state index is 13.3. The van der Waals surface area contributed by atoms with Gasteiger partial charge < -0.3 is 9.64 Å². The number of ether oxygens (including phenoxy) is 1. The van der Waals surface area contributed by atoms with Gasteiger partial charge in [0.05, 0.1) is 12.5 Å². The number of carbonyl (C=O) groups excluding carboxylic acids is 1. The SMILES string of the molecule is C=CCN(Cc1ccccc1OCC)C(=O)C1CCCCn2nnnc21. The van der Waals surface area contributed by atoms with E-state index >= 15 is 0 Å². The molecule has 0 fully saturated rings. The van der Waals surface area contributed by atoms with E-state index < -0.39 is 0 Å². The number of hydrogen-bond acceptors (Lipinski definition) is 5. The fraction of sp³-hybridized carbons (Fsp3) is 0.474. The van der Waals surface area contributed by atoms with Crippen molar-refractivity contribution in [3.63, 3.8) is 0 Å². The lowest BCUT2D eigenvalue weighted by atomic mass is 10.00. The van der Waals surface area contributed by atoms with Crippen LogP contribution >= 0.6 is 0 Å². The van der Waals surface area contributed by atoms with Crippen LogP contribution in [-0.2, 0) is 17.9 Å². The highest BCUT2D eigenvalue weighted by Crippen LogP contribution is 2.28. The Hall–Kier alpha value is -2.70. The number of para-hydroxylation sites is 1. The van der Waals surface area contributed by atoms with E-state index in [0.29, 0.717) is 25.5 Å². The molecule has 0 saturated heterocycles. The van der Waals surface area contributed by atoms with Crippen LogP contribution < -0.4 is 4.74 Å². The zero-order valence-corrected chi connectivity index (χ0v) is 15.2. The van der Waals surface area contributed by atoms with Crippen molar-refractivity contribution in [3.05, 3.63) is 48.3 Å². The number of fused-ring (bicyclic) bond motifs is 1. The zero-order chi connectivity index (χ0) is 18.4. The standard InChI is InChI=1S/C19H25N5O2/c1-3-12-23(14-15-9-5-6-11-17(15)26-4-2)19(25)16-10-7-8-13-24-18(16)20-21-22-24/h3,5-6,9,11,16H,1,4,7-8,10,12-14H2,2H3. The first-order valence-electron chi connectivity index (χ1n) is 9.11. The Bertz CT molecular complexity index is 758. The van der Waals surface area contributed by atoms with Crippen LogP contribution in [0.15, 0.2) is 36.9 Å². The molecule has 1 amide bonds. The van der Waals surface area contributed by atoms with Crippen molar-refractivity contribution >= 4 is 5.91 Å². The van der Waals surface area contributed by atoms with E-state index in [1.807, 2.05) is 31.2 Å². The number of tetrazole rings is 1. The lowest BCUT2D eigenvalue weighted by Crippen LogP contribution is -2.35. The van der Waals surface area contributed by atoms with E-state index in [0.717, 1.165) is 37.1 Å². The number of hydrogen-bond donors (Lipinski definition) is 0. The first kappa shape index (κ1) is 18.1. The molecule has 0 aliphatic carbocycles. The highest BCUT2D eigenvalue weighted by atomic mass is 16.5. The van der Waals surface area contributed by atoms with Gasteiger partial charge in [-0.05, 0) is 36.3 Å². The average Bonchev–Trinajstić information content (AvgIpc) is 3.02. The highest BCUT2D eigenvalue weighted by Gasteiger charge is 2.31. The quantitative estimate of drug-likeness (QED) is 0.714. The van der Waals surface area contributed by atoms with Crippen LogP contribution in [0.1, 0.15) is 43.5 Å². The normalized spacial score (nSPS) is 16.4. The van der Waals surface area contributed by atoms with Gasteiger partial charge in [-0.2, -0.15) is 0 Å². The maximum absolute atomic E-state index is 13.3. The minimum absolute atomic E-state index is 0.0363. The smallest absolute Gasteiger partial charge is 0.234 e. The molecular weight excluding hydrogens is 330 g/mol. The van der Waals surface area contributed by atoms with Crippen molar-refractivity contribution in [3.8, 4) is 5.75 Å². The average molecular weight is 355 g/mol. The van der Waals surface area contributed by atoms with Crippen LogP contribution in [0.4, 0.5) is 0 Å². The van der Waals surface area contributed by atoms with E-state index in [1.54, 1.807) is 15.7 Å². The third-order valence-electron chi connectivity index (χ3n) is 4.58. The molecule has 0 radical (unpaired) electrons. The Morgan fingerprint density at radius 1 is 1.42 bits per heavy atom. The summed E-state index contributed by atoms with van der Waals surface area (Å²) in [6.07, 6.45) is 4.47. The Morgan fingerprint density at radius 2 is 2.27 bits per heavy atom. The van der Waals surface area contributed by atoms with E-state index in [9.17, 15) is 4.79 Å². The van der Waals surface area contributed by atoms with Crippen LogP contribution in [-0.4, -0.2) is 44.2 Å².